The van der Waals surface area contributed by atoms with Crippen molar-refractivity contribution in [3.63, 3.8) is 0 Å². The van der Waals surface area contributed by atoms with Gasteiger partial charge in [-0.3, -0.25) is 0 Å². The Morgan fingerprint density at radius 1 is 1.25 bits per heavy atom. The van der Waals surface area contributed by atoms with Crippen molar-refractivity contribution in [2.24, 2.45) is 5.41 Å². The molecule has 20 heavy (non-hydrogen) atoms. The molecule has 1 N–H and O–H groups in total. The normalized spacial score (nSPS) is 23.9. The lowest BCUT2D eigenvalue weighted by Crippen LogP contribution is -2.43. The Bertz CT molecular complexity index is 459. The molecule has 0 unspecified atom stereocenters. The van der Waals surface area contributed by atoms with Crippen molar-refractivity contribution >= 4 is 7.94 Å². The van der Waals surface area contributed by atoms with Crippen molar-refractivity contribution in [2.75, 3.05) is 20.3 Å². The number of rotatable bonds is 3. The maximum absolute atomic E-state index is 12.8. The zero-order valence-electron chi connectivity index (χ0n) is 12.3. The number of benzene rings is 1. The fraction of sp³-hybridized carbons (Fsp3) is 0.571. The summed E-state index contributed by atoms with van der Waals surface area (Å²) in [5.41, 5.74) is 0.269. The highest BCUT2D eigenvalue weighted by Crippen LogP contribution is 2.69. The molecular formula is C14H21O5P. The van der Waals surface area contributed by atoms with Gasteiger partial charge in [0, 0.05) is 17.9 Å². The molecule has 0 saturated carbocycles. The SMILES string of the molecule is COc1ccc([C@](C)(O)[P+]2([O-])OCC(C)(C)CO2)cc1. The lowest BCUT2D eigenvalue weighted by molar-refractivity contribution is -0.252. The summed E-state index contributed by atoms with van der Waals surface area (Å²) in [6, 6.07) is 6.71. The summed E-state index contributed by atoms with van der Waals surface area (Å²) in [7, 11) is -2.07. The Labute approximate surface area is 120 Å². The Hall–Kier alpha value is -0.710. The molecule has 1 aliphatic rings. The van der Waals surface area contributed by atoms with Gasteiger partial charge in [0.2, 0.25) is 5.34 Å². The first-order chi connectivity index (χ1) is 9.20. The average molecular weight is 300 g/mol. The van der Waals surface area contributed by atoms with Gasteiger partial charge in [-0.15, -0.1) is 0 Å². The number of ether oxygens (including phenoxy) is 1. The van der Waals surface area contributed by atoms with Gasteiger partial charge in [0.1, 0.15) is 19.0 Å². The van der Waals surface area contributed by atoms with E-state index in [1.165, 1.54) is 6.92 Å². The minimum absolute atomic E-state index is 0.204. The number of hydrogen-bond acceptors (Lipinski definition) is 5. The highest BCUT2D eigenvalue weighted by atomic mass is 31.2. The van der Waals surface area contributed by atoms with E-state index in [1.54, 1.807) is 31.4 Å². The van der Waals surface area contributed by atoms with Gasteiger partial charge < -0.3 is 14.7 Å². The van der Waals surface area contributed by atoms with Crippen LogP contribution in [0.4, 0.5) is 0 Å². The quantitative estimate of drug-likeness (QED) is 0.865. The Balaban J connectivity index is 2.24. The van der Waals surface area contributed by atoms with Crippen LogP contribution in [0.1, 0.15) is 26.3 Å². The third kappa shape index (κ3) is 2.83. The first-order valence-corrected chi connectivity index (χ1v) is 8.01. The molecule has 1 aromatic rings. The van der Waals surface area contributed by atoms with Crippen LogP contribution in [0.15, 0.2) is 24.3 Å². The van der Waals surface area contributed by atoms with E-state index in [0.29, 0.717) is 11.3 Å². The highest BCUT2D eigenvalue weighted by Gasteiger charge is 2.56. The summed E-state index contributed by atoms with van der Waals surface area (Å²) in [6.07, 6.45) is 0. The van der Waals surface area contributed by atoms with Crippen molar-refractivity contribution in [3.8, 4) is 5.75 Å². The second-order valence-corrected chi connectivity index (χ2v) is 8.34. The molecule has 1 saturated heterocycles. The van der Waals surface area contributed by atoms with Crippen LogP contribution in [-0.4, -0.2) is 25.4 Å². The monoisotopic (exact) mass is 300 g/mol. The van der Waals surface area contributed by atoms with Crippen LogP contribution >= 0.6 is 7.94 Å². The van der Waals surface area contributed by atoms with Gasteiger partial charge in [-0.1, -0.05) is 13.8 Å². The average Bonchev–Trinajstić information content (AvgIpc) is 2.42. The van der Waals surface area contributed by atoms with Gasteiger partial charge in [-0.05, 0) is 24.3 Å². The minimum atomic E-state index is -3.63. The van der Waals surface area contributed by atoms with Gasteiger partial charge in [-0.25, -0.2) is 9.05 Å². The number of methoxy groups -OCH3 is 1. The maximum atomic E-state index is 12.8. The molecule has 6 heteroatoms. The van der Waals surface area contributed by atoms with E-state index in [9.17, 15) is 10.00 Å². The Morgan fingerprint density at radius 2 is 1.75 bits per heavy atom. The topological polar surface area (TPSA) is 71.0 Å². The zero-order valence-corrected chi connectivity index (χ0v) is 13.1. The van der Waals surface area contributed by atoms with Crippen molar-refractivity contribution < 1.29 is 23.8 Å². The van der Waals surface area contributed by atoms with E-state index in [0.717, 1.165) is 0 Å². The van der Waals surface area contributed by atoms with Gasteiger partial charge in [0.15, 0.2) is 0 Å². The van der Waals surface area contributed by atoms with Crippen LogP contribution in [0.5, 0.6) is 5.75 Å². The molecule has 0 amide bonds. The molecule has 0 bridgehead atoms. The van der Waals surface area contributed by atoms with E-state index in [2.05, 4.69) is 0 Å². The van der Waals surface area contributed by atoms with Crippen molar-refractivity contribution in [1.82, 2.24) is 0 Å². The molecule has 0 radical (unpaired) electrons. The van der Waals surface area contributed by atoms with Crippen molar-refractivity contribution in [2.45, 2.75) is 26.1 Å². The zero-order chi connectivity index (χ0) is 15.0. The Morgan fingerprint density at radius 3 is 2.20 bits per heavy atom. The van der Waals surface area contributed by atoms with Crippen LogP contribution in [0.2, 0.25) is 0 Å². The van der Waals surface area contributed by atoms with Crippen molar-refractivity contribution in [3.05, 3.63) is 29.8 Å². The molecule has 5 nitrogen and oxygen atoms in total. The smallest absolute Gasteiger partial charge is 0.274 e. The molecule has 1 atom stereocenters. The first-order valence-electron chi connectivity index (χ1n) is 6.46. The molecule has 0 aliphatic carbocycles. The van der Waals surface area contributed by atoms with E-state index in [4.69, 9.17) is 13.8 Å². The predicted molar refractivity (Wildman–Crippen MR) is 75.2 cm³/mol. The van der Waals surface area contributed by atoms with Crippen LogP contribution in [0.3, 0.4) is 0 Å². The minimum Gasteiger partial charge on any atom is -0.629 e. The standard InChI is InChI=1S/C14H21O5P/c1-13(2)9-18-20(16,19-10-13)14(3,15)11-5-7-12(17-4)8-6-11/h5-8,15H,9-10H2,1-4H3/t14-/m1/s1. The van der Waals surface area contributed by atoms with Crippen molar-refractivity contribution in [1.29, 1.82) is 0 Å². The molecular weight excluding hydrogens is 279 g/mol. The fourth-order valence-corrected chi connectivity index (χ4v) is 4.00. The number of aliphatic hydroxyl groups is 1. The maximum Gasteiger partial charge on any atom is 0.274 e. The highest BCUT2D eigenvalue weighted by molar-refractivity contribution is 7.60. The van der Waals surface area contributed by atoms with Gasteiger partial charge in [0.05, 0.1) is 7.11 Å². The number of hydrogen-bond donors (Lipinski definition) is 1. The summed E-state index contributed by atoms with van der Waals surface area (Å²) in [4.78, 5) is 12.8. The Kier molecular flexibility index (Phi) is 4.11. The lowest BCUT2D eigenvalue weighted by Gasteiger charge is -2.44. The van der Waals surface area contributed by atoms with E-state index < -0.39 is 13.3 Å². The van der Waals surface area contributed by atoms with E-state index in [1.807, 2.05) is 13.8 Å². The third-order valence-electron chi connectivity index (χ3n) is 3.42. The van der Waals surface area contributed by atoms with E-state index in [-0.39, 0.29) is 18.6 Å². The molecule has 1 aromatic carbocycles. The van der Waals surface area contributed by atoms with Gasteiger partial charge in [-0.2, -0.15) is 0 Å². The van der Waals surface area contributed by atoms with Gasteiger partial charge >= 0.3 is 0 Å². The molecule has 112 valence electrons. The largest absolute Gasteiger partial charge is 0.629 e. The second kappa shape index (κ2) is 5.24. The third-order valence-corrected chi connectivity index (χ3v) is 5.68. The van der Waals surface area contributed by atoms with Crippen LogP contribution in [0, 0.1) is 5.41 Å². The second-order valence-electron chi connectivity index (χ2n) is 5.96. The summed E-state index contributed by atoms with van der Waals surface area (Å²) in [6.45, 7) is 5.94. The van der Waals surface area contributed by atoms with Gasteiger partial charge in [0.25, 0.3) is 7.94 Å². The molecule has 0 spiro atoms. The summed E-state index contributed by atoms with van der Waals surface area (Å²) in [5.74, 6) is 0.662. The predicted octanol–water partition coefficient (Wildman–Crippen LogP) is 2.06. The van der Waals surface area contributed by atoms with Crippen LogP contribution in [0.25, 0.3) is 0 Å². The fourth-order valence-electron chi connectivity index (χ4n) is 1.91. The summed E-state index contributed by atoms with van der Waals surface area (Å²) >= 11 is 0. The molecule has 1 aliphatic heterocycles. The van der Waals surface area contributed by atoms with Crippen LogP contribution in [-0.2, 0) is 14.4 Å². The van der Waals surface area contributed by atoms with E-state index >= 15 is 0 Å². The molecule has 1 heterocycles. The van der Waals surface area contributed by atoms with Crippen LogP contribution < -0.4 is 9.63 Å². The summed E-state index contributed by atoms with van der Waals surface area (Å²) in [5, 5.41) is 8.96. The molecule has 1 fully saturated rings. The molecule has 0 aromatic heterocycles. The molecule has 2 rings (SSSR count). The summed E-state index contributed by atoms with van der Waals surface area (Å²) < 4.78 is 15.9. The first kappa shape index (κ1) is 15.7. The lowest BCUT2D eigenvalue weighted by atomic mass is 9.97.